The van der Waals surface area contributed by atoms with E-state index >= 15 is 0 Å². The number of hydrogen-bond acceptors (Lipinski definition) is 3. The second-order valence-electron chi connectivity index (χ2n) is 3.97. The van der Waals surface area contributed by atoms with Crippen LogP contribution in [0.25, 0.3) is 0 Å². The van der Waals surface area contributed by atoms with Gasteiger partial charge in [0.2, 0.25) is 5.88 Å². The molecule has 0 amide bonds. The first kappa shape index (κ1) is 9.46. The van der Waals surface area contributed by atoms with Crippen LogP contribution in [0.4, 0.5) is 0 Å². The zero-order chi connectivity index (χ0) is 9.97. The van der Waals surface area contributed by atoms with Gasteiger partial charge in [0.1, 0.15) is 0 Å². The van der Waals surface area contributed by atoms with E-state index in [2.05, 4.69) is 4.98 Å². The van der Waals surface area contributed by atoms with Gasteiger partial charge < -0.3 is 10.5 Å². The number of nitrogens with zero attached hydrogens (tertiary/aromatic N) is 1. The van der Waals surface area contributed by atoms with Gasteiger partial charge >= 0.3 is 0 Å². The summed E-state index contributed by atoms with van der Waals surface area (Å²) < 4.78 is 5.55. The van der Waals surface area contributed by atoms with E-state index < -0.39 is 0 Å². The SMILES string of the molecule is CC(N)c1ccnc(OCC2CC2)c1. The van der Waals surface area contributed by atoms with Crippen LogP contribution in [0.5, 0.6) is 5.88 Å². The highest BCUT2D eigenvalue weighted by Gasteiger charge is 2.22. The van der Waals surface area contributed by atoms with Gasteiger partial charge in [-0.25, -0.2) is 4.98 Å². The zero-order valence-corrected chi connectivity index (χ0v) is 8.44. The number of rotatable bonds is 4. The van der Waals surface area contributed by atoms with Gasteiger partial charge in [-0.3, -0.25) is 0 Å². The van der Waals surface area contributed by atoms with Gasteiger partial charge in [-0.2, -0.15) is 0 Å². The van der Waals surface area contributed by atoms with Crippen LogP contribution in [0.1, 0.15) is 31.4 Å². The Morgan fingerprint density at radius 1 is 1.64 bits per heavy atom. The number of hydrogen-bond donors (Lipinski definition) is 1. The van der Waals surface area contributed by atoms with E-state index in [0.29, 0.717) is 5.88 Å². The van der Waals surface area contributed by atoms with E-state index in [1.165, 1.54) is 12.8 Å². The molecular weight excluding hydrogens is 176 g/mol. The molecule has 0 saturated heterocycles. The zero-order valence-electron chi connectivity index (χ0n) is 8.44. The maximum atomic E-state index is 5.77. The number of ether oxygens (including phenoxy) is 1. The van der Waals surface area contributed by atoms with Crippen LogP contribution >= 0.6 is 0 Å². The van der Waals surface area contributed by atoms with Gasteiger partial charge in [-0.1, -0.05) is 0 Å². The Hall–Kier alpha value is -1.09. The molecule has 1 aliphatic rings. The molecule has 2 N–H and O–H groups in total. The van der Waals surface area contributed by atoms with Crippen molar-refractivity contribution in [3.63, 3.8) is 0 Å². The van der Waals surface area contributed by atoms with Crippen molar-refractivity contribution < 1.29 is 4.74 Å². The molecule has 0 radical (unpaired) electrons. The fourth-order valence-electron chi connectivity index (χ4n) is 1.27. The first-order valence-electron chi connectivity index (χ1n) is 5.10. The summed E-state index contributed by atoms with van der Waals surface area (Å²) in [6, 6.07) is 3.89. The molecule has 3 nitrogen and oxygen atoms in total. The van der Waals surface area contributed by atoms with E-state index in [1.807, 2.05) is 19.1 Å². The molecule has 1 unspecified atom stereocenters. The van der Waals surface area contributed by atoms with Crippen LogP contribution in [0, 0.1) is 5.92 Å². The van der Waals surface area contributed by atoms with E-state index in [9.17, 15) is 0 Å². The Bertz CT molecular complexity index is 308. The molecule has 3 heteroatoms. The second-order valence-corrected chi connectivity index (χ2v) is 3.97. The van der Waals surface area contributed by atoms with Crippen molar-refractivity contribution in [3.05, 3.63) is 23.9 Å². The monoisotopic (exact) mass is 192 g/mol. The van der Waals surface area contributed by atoms with Crippen molar-refractivity contribution in [1.29, 1.82) is 0 Å². The molecule has 1 aromatic heterocycles. The van der Waals surface area contributed by atoms with Crippen molar-refractivity contribution in [2.75, 3.05) is 6.61 Å². The summed E-state index contributed by atoms with van der Waals surface area (Å²) >= 11 is 0. The molecular formula is C11H16N2O. The van der Waals surface area contributed by atoms with Gasteiger partial charge in [0, 0.05) is 18.3 Å². The molecule has 0 aromatic carbocycles. The summed E-state index contributed by atoms with van der Waals surface area (Å²) in [4.78, 5) is 4.14. The van der Waals surface area contributed by atoms with E-state index in [0.717, 1.165) is 18.1 Å². The minimum absolute atomic E-state index is 0.0428. The highest BCUT2D eigenvalue weighted by atomic mass is 16.5. The molecule has 0 aliphatic heterocycles. The number of nitrogens with two attached hydrogens (primary N) is 1. The van der Waals surface area contributed by atoms with Crippen LogP contribution in [0.15, 0.2) is 18.3 Å². The largest absolute Gasteiger partial charge is 0.477 e. The number of pyridine rings is 1. The average molecular weight is 192 g/mol. The third kappa shape index (κ3) is 2.45. The first-order valence-corrected chi connectivity index (χ1v) is 5.10. The molecule has 0 spiro atoms. The van der Waals surface area contributed by atoms with Crippen molar-refractivity contribution in [2.24, 2.45) is 11.7 Å². The van der Waals surface area contributed by atoms with Crippen molar-refractivity contribution >= 4 is 0 Å². The van der Waals surface area contributed by atoms with Crippen LogP contribution in [-0.4, -0.2) is 11.6 Å². The average Bonchev–Trinajstić information content (AvgIpc) is 2.99. The van der Waals surface area contributed by atoms with E-state index in [-0.39, 0.29) is 6.04 Å². The Morgan fingerprint density at radius 3 is 3.07 bits per heavy atom. The van der Waals surface area contributed by atoms with Gasteiger partial charge in [0.05, 0.1) is 6.61 Å². The van der Waals surface area contributed by atoms with Crippen molar-refractivity contribution in [3.8, 4) is 5.88 Å². The summed E-state index contributed by atoms with van der Waals surface area (Å²) in [5.74, 6) is 1.46. The molecule has 1 aromatic rings. The summed E-state index contributed by atoms with van der Waals surface area (Å²) in [5.41, 5.74) is 6.84. The van der Waals surface area contributed by atoms with E-state index in [1.54, 1.807) is 6.20 Å². The molecule has 1 aliphatic carbocycles. The molecule has 1 heterocycles. The lowest BCUT2D eigenvalue weighted by molar-refractivity contribution is 0.288. The third-order valence-corrected chi connectivity index (χ3v) is 2.45. The predicted octanol–water partition coefficient (Wildman–Crippen LogP) is 1.89. The smallest absolute Gasteiger partial charge is 0.213 e. The summed E-state index contributed by atoms with van der Waals surface area (Å²) in [6.07, 6.45) is 4.35. The van der Waals surface area contributed by atoms with E-state index in [4.69, 9.17) is 10.5 Å². The number of aromatic nitrogens is 1. The van der Waals surface area contributed by atoms with Gasteiger partial charge in [0.15, 0.2) is 0 Å². The van der Waals surface area contributed by atoms with Crippen LogP contribution in [-0.2, 0) is 0 Å². The molecule has 14 heavy (non-hydrogen) atoms. The molecule has 1 saturated carbocycles. The topological polar surface area (TPSA) is 48.1 Å². The molecule has 1 fully saturated rings. The minimum Gasteiger partial charge on any atom is -0.477 e. The minimum atomic E-state index is 0.0428. The van der Waals surface area contributed by atoms with Crippen LogP contribution in [0.2, 0.25) is 0 Å². The quantitative estimate of drug-likeness (QED) is 0.792. The Kier molecular flexibility index (Phi) is 2.68. The Balaban J connectivity index is 1.97. The fourth-order valence-corrected chi connectivity index (χ4v) is 1.27. The lowest BCUT2D eigenvalue weighted by atomic mass is 10.1. The lowest BCUT2D eigenvalue weighted by Gasteiger charge is -2.08. The summed E-state index contributed by atoms with van der Waals surface area (Å²) in [7, 11) is 0. The highest BCUT2D eigenvalue weighted by molar-refractivity contribution is 5.22. The van der Waals surface area contributed by atoms with Crippen molar-refractivity contribution in [1.82, 2.24) is 4.98 Å². The van der Waals surface area contributed by atoms with Crippen LogP contribution in [0.3, 0.4) is 0 Å². The maximum Gasteiger partial charge on any atom is 0.213 e. The molecule has 0 bridgehead atoms. The van der Waals surface area contributed by atoms with Gasteiger partial charge in [0.25, 0.3) is 0 Å². The van der Waals surface area contributed by atoms with Gasteiger partial charge in [-0.15, -0.1) is 0 Å². The second kappa shape index (κ2) is 3.96. The standard InChI is InChI=1S/C11H16N2O/c1-8(12)10-4-5-13-11(6-10)14-7-9-2-3-9/h4-6,8-9H,2-3,7,12H2,1H3. The normalized spacial score (nSPS) is 17.9. The Labute approximate surface area is 84.3 Å². The predicted molar refractivity (Wildman–Crippen MR) is 55.1 cm³/mol. The van der Waals surface area contributed by atoms with Gasteiger partial charge in [-0.05, 0) is 37.3 Å². The highest BCUT2D eigenvalue weighted by Crippen LogP contribution is 2.29. The lowest BCUT2D eigenvalue weighted by Crippen LogP contribution is -2.06. The fraction of sp³-hybridized carbons (Fsp3) is 0.545. The van der Waals surface area contributed by atoms with Crippen molar-refractivity contribution in [2.45, 2.75) is 25.8 Å². The third-order valence-electron chi connectivity index (χ3n) is 2.45. The molecule has 2 rings (SSSR count). The Morgan fingerprint density at radius 2 is 2.43 bits per heavy atom. The summed E-state index contributed by atoms with van der Waals surface area (Å²) in [6.45, 7) is 2.76. The maximum absolute atomic E-state index is 5.77. The van der Waals surface area contributed by atoms with Crippen LogP contribution < -0.4 is 10.5 Å². The first-order chi connectivity index (χ1) is 6.75. The summed E-state index contributed by atoms with van der Waals surface area (Å²) in [5, 5.41) is 0. The molecule has 1 atom stereocenters. The molecule has 76 valence electrons.